The summed E-state index contributed by atoms with van der Waals surface area (Å²) in [7, 11) is 0. The first-order valence-corrected chi connectivity index (χ1v) is 6.48. The van der Waals surface area contributed by atoms with Crippen molar-refractivity contribution in [2.75, 3.05) is 0 Å². The number of H-pyrrole nitrogens is 1. The van der Waals surface area contributed by atoms with Crippen LogP contribution in [0.15, 0.2) is 24.3 Å². The molecule has 0 aliphatic rings. The fourth-order valence-electron chi connectivity index (χ4n) is 2.07. The van der Waals surface area contributed by atoms with E-state index in [0.717, 1.165) is 22.7 Å². The molecule has 4 nitrogen and oxygen atoms in total. The summed E-state index contributed by atoms with van der Waals surface area (Å²) in [5.74, 6) is 1.29. The highest BCUT2D eigenvalue weighted by Gasteiger charge is 2.12. The van der Waals surface area contributed by atoms with E-state index < -0.39 is 0 Å². The molecule has 2 rings (SSSR count). The van der Waals surface area contributed by atoms with Gasteiger partial charge in [0.1, 0.15) is 18.1 Å². The molecule has 1 heterocycles. The van der Waals surface area contributed by atoms with Crippen LogP contribution < -0.4 is 4.74 Å². The molecule has 1 aromatic carbocycles. The average molecular weight is 260 g/mol. The number of aliphatic hydroxyl groups is 1. The first-order chi connectivity index (χ1) is 9.13. The first kappa shape index (κ1) is 13.6. The highest BCUT2D eigenvalue weighted by atomic mass is 16.5. The van der Waals surface area contributed by atoms with Crippen molar-refractivity contribution in [3.63, 3.8) is 0 Å². The number of para-hydroxylation sites is 1. The SMILES string of the molecule is Cc1[nH]nc(COc2ccccc2C(C)C)c1CO. The summed E-state index contributed by atoms with van der Waals surface area (Å²) in [5.41, 5.74) is 3.65. The second-order valence-electron chi connectivity index (χ2n) is 4.91. The molecule has 0 unspecified atom stereocenters. The van der Waals surface area contributed by atoms with Gasteiger partial charge in [-0.1, -0.05) is 32.0 Å². The highest BCUT2D eigenvalue weighted by molar-refractivity contribution is 5.36. The quantitative estimate of drug-likeness (QED) is 0.869. The highest BCUT2D eigenvalue weighted by Crippen LogP contribution is 2.26. The van der Waals surface area contributed by atoms with Crippen molar-refractivity contribution in [1.82, 2.24) is 10.2 Å². The maximum atomic E-state index is 9.31. The minimum absolute atomic E-state index is 0.0210. The molecule has 0 bridgehead atoms. The van der Waals surface area contributed by atoms with Gasteiger partial charge in [-0.2, -0.15) is 5.10 Å². The largest absolute Gasteiger partial charge is 0.487 e. The predicted octanol–water partition coefficient (Wildman–Crippen LogP) is 2.91. The van der Waals surface area contributed by atoms with Crippen molar-refractivity contribution >= 4 is 0 Å². The van der Waals surface area contributed by atoms with Gasteiger partial charge in [0, 0.05) is 11.3 Å². The lowest BCUT2D eigenvalue weighted by molar-refractivity contribution is 0.266. The number of aromatic nitrogens is 2. The van der Waals surface area contributed by atoms with Gasteiger partial charge in [0.05, 0.1) is 6.61 Å². The van der Waals surface area contributed by atoms with Crippen molar-refractivity contribution in [3.05, 3.63) is 46.8 Å². The number of ether oxygens (including phenoxy) is 1. The van der Waals surface area contributed by atoms with Gasteiger partial charge in [0.25, 0.3) is 0 Å². The van der Waals surface area contributed by atoms with Crippen molar-refractivity contribution in [3.8, 4) is 5.75 Å². The Morgan fingerprint density at radius 1 is 1.32 bits per heavy atom. The fourth-order valence-corrected chi connectivity index (χ4v) is 2.07. The molecular formula is C15H20N2O2. The lowest BCUT2D eigenvalue weighted by Gasteiger charge is -2.13. The van der Waals surface area contributed by atoms with Gasteiger partial charge in [-0.15, -0.1) is 0 Å². The molecule has 2 N–H and O–H groups in total. The maximum absolute atomic E-state index is 9.31. The summed E-state index contributed by atoms with van der Waals surface area (Å²) in [4.78, 5) is 0. The van der Waals surface area contributed by atoms with E-state index in [1.165, 1.54) is 5.56 Å². The molecule has 0 aliphatic heterocycles. The normalized spacial score (nSPS) is 11.0. The van der Waals surface area contributed by atoms with Crippen LogP contribution in [0.3, 0.4) is 0 Å². The van der Waals surface area contributed by atoms with Crippen molar-refractivity contribution in [2.45, 2.75) is 39.9 Å². The number of aromatic amines is 1. The predicted molar refractivity (Wildman–Crippen MR) is 74.1 cm³/mol. The summed E-state index contributed by atoms with van der Waals surface area (Å²) in [6, 6.07) is 8.01. The number of hydrogen-bond donors (Lipinski definition) is 2. The molecule has 19 heavy (non-hydrogen) atoms. The zero-order valence-electron chi connectivity index (χ0n) is 11.6. The van der Waals surface area contributed by atoms with Crippen molar-refractivity contribution in [1.29, 1.82) is 0 Å². The number of benzene rings is 1. The van der Waals surface area contributed by atoms with Crippen LogP contribution in [0, 0.1) is 6.92 Å². The van der Waals surface area contributed by atoms with Crippen LogP contribution in [0.4, 0.5) is 0 Å². The topological polar surface area (TPSA) is 58.1 Å². The lowest BCUT2D eigenvalue weighted by Crippen LogP contribution is -2.02. The molecule has 4 heteroatoms. The second kappa shape index (κ2) is 5.89. The van der Waals surface area contributed by atoms with Gasteiger partial charge >= 0.3 is 0 Å². The minimum atomic E-state index is -0.0210. The number of nitrogens with zero attached hydrogens (tertiary/aromatic N) is 1. The third kappa shape index (κ3) is 2.96. The maximum Gasteiger partial charge on any atom is 0.132 e. The van der Waals surface area contributed by atoms with Gasteiger partial charge in [0.15, 0.2) is 0 Å². The van der Waals surface area contributed by atoms with Crippen molar-refractivity contribution < 1.29 is 9.84 Å². The molecule has 0 saturated heterocycles. The summed E-state index contributed by atoms with van der Waals surface area (Å²) >= 11 is 0. The monoisotopic (exact) mass is 260 g/mol. The Morgan fingerprint density at radius 3 is 2.74 bits per heavy atom. The number of aryl methyl sites for hydroxylation is 1. The Bertz CT molecular complexity index is 547. The smallest absolute Gasteiger partial charge is 0.132 e. The van der Waals surface area contributed by atoms with E-state index >= 15 is 0 Å². The van der Waals surface area contributed by atoms with E-state index in [-0.39, 0.29) is 6.61 Å². The van der Waals surface area contributed by atoms with Crippen LogP contribution >= 0.6 is 0 Å². The van der Waals surface area contributed by atoms with Crippen LogP contribution in [0.25, 0.3) is 0 Å². The van der Waals surface area contributed by atoms with Gasteiger partial charge in [-0.25, -0.2) is 0 Å². The number of aliphatic hydroxyl groups excluding tert-OH is 1. The third-order valence-electron chi connectivity index (χ3n) is 3.22. The van der Waals surface area contributed by atoms with Crippen LogP contribution in [-0.4, -0.2) is 15.3 Å². The molecule has 0 atom stereocenters. The third-order valence-corrected chi connectivity index (χ3v) is 3.22. The van der Waals surface area contributed by atoms with E-state index in [1.54, 1.807) is 0 Å². The molecule has 0 amide bonds. The Morgan fingerprint density at radius 2 is 2.05 bits per heavy atom. The van der Waals surface area contributed by atoms with E-state index in [0.29, 0.717) is 12.5 Å². The first-order valence-electron chi connectivity index (χ1n) is 6.48. The number of nitrogens with one attached hydrogen (secondary N) is 1. The molecule has 0 radical (unpaired) electrons. The second-order valence-corrected chi connectivity index (χ2v) is 4.91. The van der Waals surface area contributed by atoms with Gasteiger partial charge in [0.2, 0.25) is 0 Å². The summed E-state index contributed by atoms with van der Waals surface area (Å²) in [6.07, 6.45) is 0. The summed E-state index contributed by atoms with van der Waals surface area (Å²) < 4.78 is 5.85. The zero-order valence-corrected chi connectivity index (χ0v) is 11.6. The summed E-state index contributed by atoms with van der Waals surface area (Å²) in [6.45, 7) is 6.51. The number of hydrogen-bond acceptors (Lipinski definition) is 3. The Balaban J connectivity index is 2.14. The molecule has 2 aromatic rings. The molecular weight excluding hydrogens is 240 g/mol. The Kier molecular flexibility index (Phi) is 4.22. The minimum Gasteiger partial charge on any atom is -0.487 e. The van der Waals surface area contributed by atoms with E-state index in [9.17, 15) is 5.11 Å². The van der Waals surface area contributed by atoms with Crippen molar-refractivity contribution in [2.24, 2.45) is 0 Å². The lowest BCUT2D eigenvalue weighted by atomic mass is 10.0. The number of rotatable bonds is 5. The van der Waals surface area contributed by atoms with Gasteiger partial charge in [-0.3, -0.25) is 5.10 Å². The van der Waals surface area contributed by atoms with Gasteiger partial charge in [-0.05, 0) is 24.5 Å². The van der Waals surface area contributed by atoms with Crippen LogP contribution in [0.5, 0.6) is 5.75 Å². The van der Waals surface area contributed by atoms with E-state index in [4.69, 9.17) is 4.74 Å². The van der Waals surface area contributed by atoms with Crippen LogP contribution in [0.1, 0.15) is 42.3 Å². The molecule has 0 fully saturated rings. The van der Waals surface area contributed by atoms with Gasteiger partial charge < -0.3 is 9.84 Å². The molecule has 1 aromatic heterocycles. The molecule has 102 valence electrons. The van der Waals surface area contributed by atoms with Crippen LogP contribution in [-0.2, 0) is 13.2 Å². The fraction of sp³-hybridized carbons (Fsp3) is 0.400. The van der Waals surface area contributed by atoms with E-state index in [1.807, 2.05) is 25.1 Å². The molecule has 0 saturated carbocycles. The standard InChI is InChI=1S/C15H20N2O2/c1-10(2)12-6-4-5-7-15(12)19-9-14-13(8-18)11(3)16-17-14/h4-7,10,18H,8-9H2,1-3H3,(H,16,17). The summed E-state index contributed by atoms with van der Waals surface area (Å²) in [5, 5.41) is 16.4. The zero-order chi connectivity index (χ0) is 13.8. The van der Waals surface area contributed by atoms with E-state index in [2.05, 4.69) is 30.1 Å². The Hall–Kier alpha value is -1.81. The molecule has 0 spiro atoms. The molecule has 0 aliphatic carbocycles. The Labute approximate surface area is 113 Å². The van der Waals surface area contributed by atoms with Crippen LogP contribution in [0.2, 0.25) is 0 Å². The average Bonchev–Trinajstić information content (AvgIpc) is 2.77.